The van der Waals surface area contributed by atoms with Gasteiger partial charge < -0.3 is 50.8 Å². The molecule has 28 heteroatoms. The van der Waals surface area contributed by atoms with E-state index in [0.29, 0.717) is 47.2 Å². The van der Waals surface area contributed by atoms with Crippen LogP contribution in [-0.2, 0) is 70.4 Å². The highest BCUT2D eigenvalue weighted by atomic mass is 32.2. The molecular formula is C66H102N8O15S4Si. The van der Waals surface area contributed by atoms with Crippen molar-refractivity contribution in [2.24, 2.45) is 0 Å². The molecule has 0 fully saturated rings. The number of thioether (sulfide) groups is 2. The molecular weight excluding hydrogens is 1300 g/mol. The molecule has 0 saturated carbocycles. The van der Waals surface area contributed by atoms with Gasteiger partial charge in [0.2, 0.25) is 5.91 Å². The lowest BCUT2D eigenvalue weighted by molar-refractivity contribution is -0.155. The van der Waals surface area contributed by atoms with E-state index >= 15 is 0 Å². The number of nitrogens with one attached hydrogen (secondary N) is 6. The van der Waals surface area contributed by atoms with Crippen molar-refractivity contribution in [3.63, 3.8) is 0 Å². The number of ether oxygens (including phenoxy) is 4. The molecule has 0 spiro atoms. The number of fused-ring (bicyclic) bond motifs is 2. The van der Waals surface area contributed by atoms with Crippen LogP contribution in [0.3, 0.4) is 0 Å². The van der Waals surface area contributed by atoms with Crippen LogP contribution in [0.5, 0.6) is 0 Å². The maximum absolute atomic E-state index is 13.3. The minimum Gasteiger partial charge on any atom is -0.466 e. The van der Waals surface area contributed by atoms with E-state index in [-0.39, 0.29) is 84.3 Å². The second-order valence-electron chi connectivity index (χ2n) is 24.2. The SMILES string of the molecule is C/C=C(\NC(=O)c1csc(CNC(=O)OC(C)(C)C)n1)C(=O)N[C@@H](CC)C(=O)O[C@H](/C=C/CCSC(=O)CCCCCCC)CC(=O)OCC[Si](C)(C)C.C/C=C1\NC(=O)c2csc(n2)CNC(=O)C[C@@H](/C=C/CCSC(=O)CCCCCCC)OC(=O)[C@H](CC)NC1=O. The summed E-state index contributed by atoms with van der Waals surface area (Å²) in [6.45, 7) is 23.1. The summed E-state index contributed by atoms with van der Waals surface area (Å²) in [4.78, 5) is 148. The van der Waals surface area contributed by atoms with Gasteiger partial charge >= 0.3 is 24.0 Å². The number of rotatable bonds is 35. The van der Waals surface area contributed by atoms with Crippen LogP contribution in [0.25, 0.3) is 0 Å². The zero-order valence-electron chi connectivity index (χ0n) is 57.0. The number of unbranched alkanes of at least 4 members (excludes halogenated alkanes) is 8. The Bertz CT molecular complexity index is 2900. The highest BCUT2D eigenvalue weighted by Crippen LogP contribution is 2.19. The Hall–Kier alpha value is -6.49. The molecule has 3 rings (SSSR count). The predicted molar refractivity (Wildman–Crippen MR) is 373 cm³/mol. The predicted octanol–water partition coefficient (Wildman–Crippen LogP) is 11.6. The highest BCUT2D eigenvalue weighted by Gasteiger charge is 2.29. The number of hydrogen-bond donors (Lipinski definition) is 6. The van der Waals surface area contributed by atoms with Gasteiger partial charge in [0.15, 0.2) is 10.2 Å². The Labute approximate surface area is 573 Å². The fourth-order valence-corrected chi connectivity index (χ4v) is 11.9. The Morgan fingerprint density at radius 2 is 1.47 bits per heavy atom. The molecule has 0 aromatic carbocycles. The molecule has 94 heavy (non-hydrogen) atoms. The monoisotopic (exact) mass is 1400 g/mol. The number of esters is 3. The van der Waals surface area contributed by atoms with Crippen molar-refractivity contribution in [2.75, 3.05) is 18.1 Å². The van der Waals surface area contributed by atoms with Crippen LogP contribution in [0.15, 0.2) is 58.6 Å². The van der Waals surface area contributed by atoms with E-state index in [1.165, 1.54) is 71.7 Å². The molecule has 6 amide bonds. The maximum Gasteiger partial charge on any atom is 0.408 e. The zero-order valence-corrected chi connectivity index (χ0v) is 61.3. The number of cyclic esters (lactones) is 1. The number of nitrogens with zero attached hydrogens (tertiary/aromatic N) is 2. The Morgan fingerprint density at radius 1 is 0.830 bits per heavy atom. The fourth-order valence-electron chi connectivity index (χ4n) is 8.23. The number of carbonyl (C=O) groups is 11. The van der Waals surface area contributed by atoms with Crippen LogP contribution >= 0.6 is 46.2 Å². The van der Waals surface area contributed by atoms with Crippen molar-refractivity contribution >= 4 is 118 Å². The molecule has 6 N–H and O–H groups in total. The van der Waals surface area contributed by atoms with Gasteiger partial charge in [-0.15, -0.1) is 22.7 Å². The zero-order chi connectivity index (χ0) is 70.1. The van der Waals surface area contributed by atoms with E-state index in [4.69, 9.17) is 18.9 Å². The van der Waals surface area contributed by atoms with Crippen molar-refractivity contribution in [1.82, 2.24) is 41.9 Å². The molecule has 0 saturated heterocycles. The van der Waals surface area contributed by atoms with Crippen LogP contribution in [0.2, 0.25) is 25.7 Å². The third-order valence-electron chi connectivity index (χ3n) is 13.5. The quantitative estimate of drug-likeness (QED) is 0.00932. The Balaban J connectivity index is 0.000000668. The van der Waals surface area contributed by atoms with Gasteiger partial charge in [-0.2, -0.15) is 0 Å². The minimum absolute atomic E-state index is 0.0179. The molecule has 23 nitrogen and oxygen atoms in total. The molecule has 3 heterocycles. The van der Waals surface area contributed by atoms with E-state index in [1.54, 1.807) is 78.2 Å². The summed E-state index contributed by atoms with van der Waals surface area (Å²) in [5, 5.41) is 19.9. The smallest absolute Gasteiger partial charge is 0.408 e. The van der Waals surface area contributed by atoms with Crippen LogP contribution < -0.4 is 31.9 Å². The van der Waals surface area contributed by atoms with E-state index in [2.05, 4.69) is 75.4 Å². The van der Waals surface area contributed by atoms with Gasteiger partial charge in [0.1, 0.15) is 62.7 Å². The average molecular weight is 1400 g/mol. The Morgan fingerprint density at radius 3 is 2.05 bits per heavy atom. The highest BCUT2D eigenvalue weighted by molar-refractivity contribution is 8.13. The number of aromatic nitrogens is 2. The summed E-state index contributed by atoms with van der Waals surface area (Å²) in [5.41, 5.74) is -0.632. The molecule has 1 aliphatic rings. The van der Waals surface area contributed by atoms with Crippen LogP contribution in [0, 0.1) is 0 Å². The van der Waals surface area contributed by atoms with Crippen molar-refractivity contribution in [3.05, 3.63) is 80.0 Å². The summed E-state index contributed by atoms with van der Waals surface area (Å²) in [6.07, 6.45) is 20.4. The molecule has 2 aromatic heterocycles. The molecule has 0 radical (unpaired) electrons. The van der Waals surface area contributed by atoms with Crippen LogP contribution in [0.4, 0.5) is 4.79 Å². The first-order valence-electron chi connectivity index (χ1n) is 32.5. The summed E-state index contributed by atoms with van der Waals surface area (Å²) in [7, 11) is -1.43. The first-order valence-corrected chi connectivity index (χ1v) is 40.0. The summed E-state index contributed by atoms with van der Waals surface area (Å²) in [5.74, 6) is -3.76. The lowest BCUT2D eigenvalue weighted by Crippen LogP contribution is -2.45. The third kappa shape index (κ3) is 37.6. The molecule has 1 aliphatic heterocycles. The van der Waals surface area contributed by atoms with Gasteiger partial charge in [-0.1, -0.05) is 147 Å². The molecule has 524 valence electrons. The van der Waals surface area contributed by atoms with Crippen LogP contribution in [0.1, 0.15) is 209 Å². The minimum atomic E-state index is -1.43. The second kappa shape index (κ2) is 46.6. The first-order chi connectivity index (χ1) is 44.6. The van der Waals surface area contributed by atoms with E-state index in [0.717, 1.165) is 62.3 Å². The molecule has 2 bridgehead atoms. The number of allylic oxidation sites excluding steroid dienone is 4. The number of alkyl carbamates (subject to hydrolysis) is 1. The molecule has 0 aliphatic carbocycles. The number of hydrogen-bond acceptors (Lipinski definition) is 21. The lowest BCUT2D eigenvalue weighted by Gasteiger charge is -2.21. The molecule has 0 unspecified atom stereocenters. The van der Waals surface area contributed by atoms with Gasteiger partial charge in [-0.05, 0) is 91.3 Å². The van der Waals surface area contributed by atoms with E-state index in [9.17, 15) is 52.7 Å². The summed E-state index contributed by atoms with van der Waals surface area (Å²) in [6, 6.07) is -1.27. The normalized spacial score (nSPS) is 16.2. The van der Waals surface area contributed by atoms with Gasteiger partial charge in [-0.3, -0.25) is 38.4 Å². The largest absolute Gasteiger partial charge is 0.466 e. The fraction of sp³-hybridized carbons (Fsp3) is 0.621. The van der Waals surface area contributed by atoms with E-state index < -0.39 is 85.6 Å². The van der Waals surface area contributed by atoms with Gasteiger partial charge in [0.05, 0.1) is 32.5 Å². The number of thiazole rings is 2. The maximum atomic E-state index is 13.3. The van der Waals surface area contributed by atoms with Crippen molar-refractivity contribution < 1.29 is 71.7 Å². The van der Waals surface area contributed by atoms with E-state index in [1.807, 2.05) is 0 Å². The van der Waals surface area contributed by atoms with Gasteiger partial charge in [-0.25, -0.2) is 24.4 Å². The number of carbonyl (C=O) groups excluding carboxylic acids is 11. The van der Waals surface area contributed by atoms with Gasteiger partial charge in [0, 0.05) is 43.2 Å². The van der Waals surface area contributed by atoms with Crippen LogP contribution in [-0.4, -0.2) is 130 Å². The molecule has 4 atom stereocenters. The van der Waals surface area contributed by atoms with Crippen molar-refractivity contribution in [1.29, 1.82) is 0 Å². The lowest BCUT2D eigenvalue weighted by atomic mass is 10.1. The van der Waals surface area contributed by atoms with Crippen molar-refractivity contribution in [2.45, 2.75) is 247 Å². The topological polar surface area (TPSA) is 323 Å². The third-order valence-corrected chi connectivity index (χ3v) is 18.9. The standard InChI is InChI=1S/C38H62N4O9S2Si.C28H40N4O6S2/c1-10-13-14-15-16-20-33(44)52-22-18-17-19-27(24-32(43)49-21-23-54(7,8)9)50-36(47)29(12-3)42-34(45)28(11-2)41-35(46)30-26-53-31(40-30)25-39-37(48)51-38(4,5)6;1-4-7-8-9-10-14-25(34)39-15-12-11-13-19-16-23(33)29-17-24-30-22(18-40-24)27(36)31-20(5-2)26(35)32-21(6-3)28(37)38-19/h11,17,19,26-27,29H,10,12-16,18,20-25H2,1-9H3,(H,39,48)(H,41,46)(H,42,45);5,11,13,18-19,21H,4,6-10,12,14-17H2,1-3H3,(H,29,33)(H,31,36)(H,32,35)/b19-17+,28-11-;13-11+,20-5-/t27-,29+;19-,21+/m11/s1. The summed E-state index contributed by atoms with van der Waals surface area (Å²) >= 11 is 4.91. The average Bonchev–Trinajstić information content (AvgIpc) is 1.66. The first kappa shape index (κ1) is 83.6. The summed E-state index contributed by atoms with van der Waals surface area (Å²) < 4.78 is 22.0. The second-order valence-corrected chi connectivity index (χ2v) is 34.0. The molecule has 2 aromatic rings. The van der Waals surface area contributed by atoms with Gasteiger partial charge in [0.25, 0.3) is 23.6 Å². The number of amides is 6. The Kier molecular flexibility index (Phi) is 41.4. The van der Waals surface area contributed by atoms with Crippen molar-refractivity contribution in [3.8, 4) is 0 Å².